The lowest BCUT2D eigenvalue weighted by molar-refractivity contribution is 0.385. The Morgan fingerprint density at radius 1 is 1.11 bits per heavy atom. The molecule has 0 bridgehead atoms. The van der Waals surface area contributed by atoms with Crippen LogP contribution in [0, 0.1) is 6.92 Å². The average Bonchev–Trinajstić information content (AvgIpc) is 2.39. The first-order chi connectivity index (χ1) is 8.74. The number of fused-ring (bicyclic) bond motifs is 1. The molecule has 1 aromatic carbocycles. The van der Waals surface area contributed by atoms with Crippen molar-refractivity contribution in [1.82, 2.24) is 4.98 Å². The van der Waals surface area contributed by atoms with E-state index >= 15 is 0 Å². The molecule has 0 amide bonds. The minimum absolute atomic E-state index is 0.328. The zero-order valence-electron chi connectivity index (χ0n) is 10.9. The Labute approximate surface area is 108 Å². The van der Waals surface area contributed by atoms with E-state index in [1.807, 2.05) is 6.92 Å². The van der Waals surface area contributed by atoms with E-state index in [4.69, 9.17) is 5.73 Å². The summed E-state index contributed by atoms with van der Waals surface area (Å²) >= 11 is 0. The third-order valence-corrected chi connectivity index (χ3v) is 4.10. The highest BCUT2D eigenvalue weighted by molar-refractivity contribution is 5.79. The first-order valence-corrected chi connectivity index (χ1v) is 6.87. The molecule has 1 saturated carbocycles. The van der Waals surface area contributed by atoms with Crippen LogP contribution in [-0.4, -0.2) is 11.0 Å². The summed E-state index contributed by atoms with van der Waals surface area (Å²) in [6.07, 6.45) is 4.98. The van der Waals surface area contributed by atoms with Crippen molar-refractivity contribution in [3.05, 3.63) is 41.6 Å². The highest BCUT2D eigenvalue weighted by Gasteiger charge is 2.23. The van der Waals surface area contributed by atoms with Crippen LogP contribution < -0.4 is 5.73 Å². The van der Waals surface area contributed by atoms with Gasteiger partial charge in [0.25, 0.3) is 0 Å². The van der Waals surface area contributed by atoms with Gasteiger partial charge in [0.1, 0.15) is 0 Å². The van der Waals surface area contributed by atoms with Gasteiger partial charge in [0.2, 0.25) is 0 Å². The van der Waals surface area contributed by atoms with Crippen molar-refractivity contribution in [2.75, 3.05) is 0 Å². The fourth-order valence-electron chi connectivity index (χ4n) is 3.05. The van der Waals surface area contributed by atoms with Crippen molar-refractivity contribution >= 4 is 10.9 Å². The van der Waals surface area contributed by atoms with Crippen LogP contribution in [0.3, 0.4) is 0 Å². The zero-order valence-corrected chi connectivity index (χ0v) is 10.9. The highest BCUT2D eigenvalue weighted by atomic mass is 14.7. The topological polar surface area (TPSA) is 38.9 Å². The normalized spacial score (nSPS) is 24.3. The van der Waals surface area contributed by atoms with Gasteiger partial charge in [-0.2, -0.15) is 0 Å². The van der Waals surface area contributed by atoms with Gasteiger partial charge in [-0.1, -0.05) is 25.0 Å². The summed E-state index contributed by atoms with van der Waals surface area (Å²) in [7, 11) is 0. The molecule has 0 spiro atoms. The lowest BCUT2D eigenvalue weighted by Gasteiger charge is -2.29. The van der Waals surface area contributed by atoms with E-state index in [0.717, 1.165) is 17.6 Å². The van der Waals surface area contributed by atoms with Crippen LogP contribution in [0.5, 0.6) is 0 Å². The fraction of sp³-hybridized carbons (Fsp3) is 0.438. The van der Waals surface area contributed by atoms with Gasteiger partial charge in [-0.15, -0.1) is 0 Å². The second-order valence-corrected chi connectivity index (χ2v) is 5.46. The van der Waals surface area contributed by atoms with Gasteiger partial charge in [-0.3, -0.25) is 4.98 Å². The van der Waals surface area contributed by atoms with E-state index in [-0.39, 0.29) is 0 Å². The Balaban J connectivity index is 1.99. The van der Waals surface area contributed by atoms with Crippen molar-refractivity contribution in [3.63, 3.8) is 0 Å². The Bertz CT molecular complexity index is 562. The number of rotatable bonds is 1. The van der Waals surface area contributed by atoms with E-state index in [2.05, 4.69) is 35.3 Å². The molecule has 2 unspecified atom stereocenters. The molecule has 1 fully saturated rings. The zero-order chi connectivity index (χ0) is 12.5. The molecule has 2 atom stereocenters. The molecule has 1 heterocycles. The minimum Gasteiger partial charge on any atom is -0.327 e. The number of pyridine rings is 1. The maximum Gasteiger partial charge on any atom is 0.0705 e. The van der Waals surface area contributed by atoms with E-state index in [1.165, 1.54) is 30.2 Å². The summed E-state index contributed by atoms with van der Waals surface area (Å²) in [5.41, 5.74) is 9.81. The molecule has 94 valence electrons. The number of hydrogen-bond acceptors (Lipinski definition) is 2. The van der Waals surface area contributed by atoms with Crippen molar-refractivity contribution in [2.45, 2.75) is 44.6 Å². The molecule has 0 radical (unpaired) electrons. The predicted octanol–water partition coefficient (Wildman–Crippen LogP) is 3.53. The van der Waals surface area contributed by atoms with Crippen LogP contribution in [0.2, 0.25) is 0 Å². The Hall–Kier alpha value is -1.41. The van der Waals surface area contributed by atoms with Gasteiger partial charge >= 0.3 is 0 Å². The number of aryl methyl sites for hydroxylation is 1. The molecular weight excluding hydrogens is 220 g/mol. The van der Waals surface area contributed by atoms with E-state index < -0.39 is 0 Å². The van der Waals surface area contributed by atoms with Gasteiger partial charge < -0.3 is 5.73 Å². The van der Waals surface area contributed by atoms with Crippen molar-refractivity contribution in [1.29, 1.82) is 0 Å². The summed E-state index contributed by atoms with van der Waals surface area (Å²) in [4.78, 5) is 4.55. The first-order valence-electron chi connectivity index (χ1n) is 6.87. The number of nitrogens with zero attached hydrogens (tertiary/aromatic N) is 1. The van der Waals surface area contributed by atoms with Gasteiger partial charge in [0, 0.05) is 17.1 Å². The van der Waals surface area contributed by atoms with Crippen LogP contribution in [0.15, 0.2) is 30.3 Å². The molecule has 1 aliphatic rings. The van der Waals surface area contributed by atoms with Crippen LogP contribution in [-0.2, 0) is 0 Å². The number of aromatic nitrogens is 1. The summed E-state index contributed by atoms with van der Waals surface area (Å²) in [5.74, 6) is 0.532. The van der Waals surface area contributed by atoms with Gasteiger partial charge in [0.15, 0.2) is 0 Å². The summed E-state index contributed by atoms with van der Waals surface area (Å²) in [6.45, 7) is 2.03. The smallest absolute Gasteiger partial charge is 0.0705 e. The van der Waals surface area contributed by atoms with Crippen molar-refractivity contribution in [3.8, 4) is 0 Å². The number of hydrogen-bond donors (Lipinski definition) is 1. The molecule has 2 heteroatoms. The molecule has 1 aliphatic carbocycles. The second kappa shape index (κ2) is 4.69. The van der Waals surface area contributed by atoms with Crippen LogP contribution in [0.4, 0.5) is 0 Å². The number of nitrogens with two attached hydrogens (primary N) is 1. The SMILES string of the molecule is Cc1ccc2cc(C3CCCCC3N)ccc2n1. The maximum atomic E-state index is 6.26. The Kier molecular flexibility index (Phi) is 3.04. The average molecular weight is 240 g/mol. The Morgan fingerprint density at radius 2 is 1.94 bits per heavy atom. The molecule has 0 aliphatic heterocycles. The molecule has 3 rings (SSSR count). The van der Waals surface area contributed by atoms with Crippen LogP contribution in [0.1, 0.15) is 42.9 Å². The fourth-order valence-corrected chi connectivity index (χ4v) is 3.05. The maximum absolute atomic E-state index is 6.26. The van der Waals surface area contributed by atoms with Gasteiger partial charge in [0.05, 0.1) is 5.52 Å². The number of benzene rings is 1. The minimum atomic E-state index is 0.328. The van der Waals surface area contributed by atoms with E-state index in [0.29, 0.717) is 12.0 Å². The highest BCUT2D eigenvalue weighted by Crippen LogP contribution is 2.33. The quantitative estimate of drug-likeness (QED) is 0.828. The molecule has 2 aromatic rings. The molecule has 2 nitrogen and oxygen atoms in total. The lowest BCUT2D eigenvalue weighted by atomic mass is 9.80. The third-order valence-electron chi connectivity index (χ3n) is 4.10. The summed E-state index contributed by atoms with van der Waals surface area (Å²) < 4.78 is 0. The van der Waals surface area contributed by atoms with E-state index in [1.54, 1.807) is 0 Å². The molecule has 1 aromatic heterocycles. The lowest BCUT2D eigenvalue weighted by Crippen LogP contribution is -2.31. The van der Waals surface area contributed by atoms with Gasteiger partial charge in [-0.05, 0) is 49.4 Å². The Morgan fingerprint density at radius 3 is 2.78 bits per heavy atom. The van der Waals surface area contributed by atoms with Crippen molar-refractivity contribution < 1.29 is 0 Å². The van der Waals surface area contributed by atoms with E-state index in [9.17, 15) is 0 Å². The van der Waals surface area contributed by atoms with Crippen LogP contribution in [0.25, 0.3) is 10.9 Å². The standard InChI is InChI=1S/C16H20N2/c1-11-6-7-13-10-12(8-9-16(13)18-11)14-4-2-3-5-15(14)17/h6-10,14-15H,2-5,17H2,1H3. The summed E-state index contributed by atoms with van der Waals surface area (Å²) in [5, 5.41) is 1.23. The van der Waals surface area contributed by atoms with Crippen molar-refractivity contribution in [2.24, 2.45) is 5.73 Å². The van der Waals surface area contributed by atoms with Gasteiger partial charge in [-0.25, -0.2) is 0 Å². The molecular formula is C16H20N2. The largest absolute Gasteiger partial charge is 0.327 e. The first kappa shape index (κ1) is 11.7. The third kappa shape index (κ3) is 2.13. The molecule has 0 saturated heterocycles. The van der Waals surface area contributed by atoms with Crippen LogP contribution >= 0.6 is 0 Å². The summed E-state index contributed by atoms with van der Waals surface area (Å²) in [6, 6.07) is 11.2. The second-order valence-electron chi connectivity index (χ2n) is 5.46. The molecule has 18 heavy (non-hydrogen) atoms. The molecule has 2 N–H and O–H groups in total. The monoisotopic (exact) mass is 240 g/mol. The predicted molar refractivity (Wildman–Crippen MR) is 75.7 cm³/mol.